The van der Waals surface area contributed by atoms with E-state index in [0.717, 1.165) is 35.2 Å². The number of benzene rings is 1. The van der Waals surface area contributed by atoms with Gasteiger partial charge in [-0.3, -0.25) is 4.99 Å². The van der Waals surface area contributed by atoms with Gasteiger partial charge in [0.05, 0.1) is 22.2 Å². The van der Waals surface area contributed by atoms with Gasteiger partial charge in [0.2, 0.25) is 0 Å². The Bertz CT molecular complexity index is 895. The van der Waals surface area contributed by atoms with Crippen molar-refractivity contribution in [2.45, 2.75) is 19.3 Å². The van der Waals surface area contributed by atoms with Gasteiger partial charge in [0, 0.05) is 36.3 Å². The number of halogens is 1. The van der Waals surface area contributed by atoms with Crippen LogP contribution in [0, 0.1) is 6.92 Å². The van der Waals surface area contributed by atoms with Gasteiger partial charge in [-0.15, -0.1) is 46.7 Å². The molecule has 3 N–H and O–H groups in total. The van der Waals surface area contributed by atoms with Crippen LogP contribution in [0.4, 0.5) is 0 Å². The highest BCUT2D eigenvalue weighted by atomic mass is 127. The fourth-order valence-electron chi connectivity index (χ4n) is 2.88. The number of aliphatic hydroxyl groups is 1. The Hall–Kier alpha value is -1.49. The van der Waals surface area contributed by atoms with Crippen molar-refractivity contribution in [3.05, 3.63) is 63.3 Å². The first-order valence-corrected chi connectivity index (χ1v) is 11.0. The molecule has 1 atom stereocenters. The highest BCUT2D eigenvalue weighted by Crippen LogP contribution is 2.29. The summed E-state index contributed by atoms with van der Waals surface area (Å²) in [6, 6.07) is 14.4. The lowest BCUT2D eigenvalue weighted by atomic mass is 10.0. The number of aryl methyl sites for hydroxylation is 1. The predicted molar refractivity (Wildman–Crippen MR) is 135 cm³/mol. The molecule has 0 fully saturated rings. The number of aliphatic imine (C=N–C) groups is 1. The van der Waals surface area contributed by atoms with Crippen LogP contribution in [0.1, 0.15) is 21.4 Å². The van der Waals surface area contributed by atoms with Crippen molar-refractivity contribution in [3.63, 3.8) is 0 Å². The second-order valence-corrected chi connectivity index (χ2v) is 8.67. The summed E-state index contributed by atoms with van der Waals surface area (Å²) in [6.07, 6.45) is 0.927. The number of rotatable bonds is 8. The quantitative estimate of drug-likeness (QED) is 0.226. The Kier molecular flexibility index (Phi) is 10.1. The maximum atomic E-state index is 9.68. The third kappa shape index (κ3) is 7.06. The maximum absolute atomic E-state index is 9.68. The van der Waals surface area contributed by atoms with Crippen LogP contribution in [0.2, 0.25) is 0 Å². The van der Waals surface area contributed by atoms with Gasteiger partial charge >= 0.3 is 0 Å². The average Bonchev–Trinajstić information content (AvgIpc) is 3.37. The van der Waals surface area contributed by atoms with E-state index in [1.165, 1.54) is 9.75 Å². The van der Waals surface area contributed by atoms with Crippen molar-refractivity contribution in [1.29, 1.82) is 0 Å². The Balaban J connectivity index is 0.00000300. The molecule has 0 aliphatic rings. The number of aliphatic hydroxyl groups excluding tert-OH is 1. The van der Waals surface area contributed by atoms with Crippen LogP contribution >= 0.6 is 46.7 Å². The topological polar surface area (TPSA) is 69.5 Å². The largest absolute Gasteiger partial charge is 0.396 e. The van der Waals surface area contributed by atoms with Gasteiger partial charge in [-0.1, -0.05) is 30.3 Å². The molecule has 2 aromatic heterocycles. The van der Waals surface area contributed by atoms with Crippen molar-refractivity contribution in [2.24, 2.45) is 4.99 Å². The SMILES string of the molecule is CN=C(NCCc1ccc(-c2csc(C)n2)s1)NCC(CO)c1ccccc1.I. The van der Waals surface area contributed by atoms with Crippen LogP contribution in [-0.2, 0) is 6.42 Å². The van der Waals surface area contributed by atoms with Crippen LogP contribution in [0.5, 0.6) is 0 Å². The van der Waals surface area contributed by atoms with E-state index in [2.05, 4.69) is 38.1 Å². The zero-order chi connectivity index (χ0) is 19.8. The minimum atomic E-state index is 0. The van der Waals surface area contributed by atoms with E-state index in [1.54, 1.807) is 29.7 Å². The molecule has 0 saturated carbocycles. The van der Waals surface area contributed by atoms with Gasteiger partial charge in [0.25, 0.3) is 0 Å². The molecule has 8 heteroatoms. The summed E-state index contributed by atoms with van der Waals surface area (Å²) in [4.78, 5) is 11.4. The van der Waals surface area contributed by atoms with Crippen LogP contribution in [0.15, 0.2) is 52.8 Å². The molecule has 3 aromatic rings. The monoisotopic (exact) mass is 542 g/mol. The van der Waals surface area contributed by atoms with Gasteiger partial charge in [-0.25, -0.2) is 4.98 Å². The molecule has 156 valence electrons. The molecule has 0 saturated heterocycles. The Morgan fingerprint density at radius 1 is 1.17 bits per heavy atom. The van der Waals surface area contributed by atoms with E-state index in [0.29, 0.717) is 6.54 Å². The molecule has 0 amide bonds. The van der Waals surface area contributed by atoms with Crippen molar-refractivity contribution < 1.29 is 5.11 Å². The third-order valence-electron chi connectivity index (χ3n) is 4.43. The Morgan fingerprint density at radius 3 is 2.62 bits per heavy atom. The normalized spacial score (nSPS) is 12.3. The van der Waals surface area contributed by atoms with E-state index in [9.17, 15) is 5.11 Å². The van der Waals surface area contributed by atoms with Gasteiger partial charge in [-0.05, 0) is 31.0 Å². The molecular formula is C21H27IN4OS2. The van der Waals surface area contributed by atoms with E-state index >= 15 is 0 Å². The average molecular weight is 543 g/mol. The number of hydrogen-bond acceptors (Lipinski definition) is 5. The van der Waals surface area contributed by atoms with Crippen molar-refractivity contribution in [2.75, 3.05) is 26.7 Å². The zero-order valence-corrected chi connectivity index (χ0v) is 20.6. The lowest BCUT2D eigenvalue weighted by Gasteiger charge is -2.18. The molecule has 1 unspecified atom stereocenters. The number of thiazole rings is 1. The number of thiophene rings is 1. The molecule has 2 heterocycles. The molecular weight excluding hydrogens is 515 g/mol. The van der Waals surface area contributed by atoms with E-state index in [-0.39, 0.29) is 36.5 Å². The second-order valence-electron chi connectivity index (χ2n) is 6.44. The standard InChI is InChI=1S/C21H26N4OS2.HI/c1-15-25-19(14-27-15)20-9-8-18(28-20)10-11-23-21(22-2)24-12-17(13-26)16-6-4-3-5-7-16;/h3-9,14,17,26H,10-13H2,1-2H3,(H2,22,23,24);1H. The molecule has 0 bridgehead atoms. The minimum absolute atomic E-state index is 0. The Morgan fingerprint density at radius 2 is 1.97 bits per heavy atom. The van der Waals surface area contributed by atoms with Crippen LogP contribution in [0.25, 0.3) is 10.6 Å². The molecule has 0 aliphatic carbocycles. The zero-order valence-electron chi connectivity index (χ0n) is 16.6. The van der Waals surface area contributed by atoms with Crippen LogP contribution in [-0.4, -0.2) is 42.8 Å². The van der Waals surface area contributed by atoms with Crippen molar-refractivity contribution in [1.82, 2.24) is 15.6 Å². The van der Waals surface area contributed by atoms with Gasteiger partial charge in [-0.2, -0.15) is 0 Å². The molecule has 5 nitrogen and oxygen atoms in total. The summed E-state index contributed by atoms with van der Waals surface area (Å²) in [5, 5.41) is 19.6. The molecule has 1 aromatic carbocycles. The van der Waals surface area contributed by atoms with E-state index in [4.69, 9.17) is 0 Å². The highest BCUT2D eigenvalue weighted by molar-refractivity contribution is 14.0. The number of nitrogens with zero attached hydrogens (tertiary/aromatic N) is 2. The fraction of sp³-hybridized carbons (Fsp3) is 0.333. The summed E-state index contributed by atoms with van der Waals surface area (Å²) in [7, 11) is 1.76. The number of guanidine groups is 1. The van der Waals surface area contributed by atoms with Gasteiger partial charge in [0.15, 0.2) is 5.96 Å². The van der Waals surface area contributed by atoms with Gasteiger partial charge < -0.3 is 15.7 Å². The van der Waals surface area contributed by atoms with E-state index < -0.39 is 0 Å². The van der Waals surface area contributed by atoms with Crippen molar-refractivity contribution in [3.8, 4) is 10.6 Å². The lowest BCUT2D eigenvalue weighted by molar-refractivity contribution is 0.265. The van der Waals surface area contributed by atoms with E-state index in [1.807, 2.05) is 37.3 Å². The maximum Gasteiger partial charge on any atom is 0.191 e. The van der Waals surface area contributed by atoms with Crippen molar-refractivity contribution >= 4 is 52.6 Å². The first-order valence-electron chi connectivity index (χ1n) is 9.31. The number of hydrogen-bond donors (Lipinski definition) is 3. The molecule has 0 spiro atoms. The fourth-order valence-corrected chi connectivity index (χ4v) is 4.54. The van der Waals surface area contributed by atoms with Crippen LogP contribution in [0.3, 0.4) is 0 Å². The summed E-state index contributed by atoms with van der Waals surface area (Å²) < 4.78 is 0. The molecule has 0 radical (unpaired) electrons. The first-order chi connectivity index (χ1) is 13.7. The number of nitrogens with one attached hydrogen (secondary N) is 2. The summed E-state index contributed by atoms with van der Waals surface area (Å²) in [6.45, 7) is 3.56. The minimum Gasteiger partial charge on any atom is -0.396 e. The van der Waals surface area contributed by atoms with Gasteiger partial charge in [0.1, 0.15) is 0 Å². The molecule has 29 heavy (non-hydrogen) atoms. The molecule has 0 aliphatic heterocycles. The smallest absolute Gasteiger partial charge is 0.191 e. The third-order valence-corrected chi connectivity index (χ3v) is 6.37. The molecule has 3 rings (SSSR count). The highest BCUT2D eigenvalue weighted by Gasteiger charge is 2.11. The summed E-state index contributed by atoms with van der Waals surface area (Å²) in [5.41, 5.74) is 2.19. The summed E-state index contributed by atoms with van der Waals surface area (Å²) in [5.74, 6) is 0.794. The van der Waals surface area contributed by atoms with Crippen LogP contribution < -0.4 is 10.6 Å². The predicted octanol–water partition coefficient (Wildman–Crippen LogP) is 4.28. The Labute approximate surface area is 197 Å². The first kappa shape index (κ1) is 23.8. The number of aromatic nitrogens is 1. The second kappa shape index (κ2) is 12.3. The lowest BCUT2D eigenvalue weighted by Crippen LogP contribution is -2.40. The summed E-state index contributed by atoms with van der Waals surface area (Å²) >= 11 is 3.47.